The van der Waals surface area contributed by atoms with Crippen LogP contribution < -0.4 is 4.74 Å². The number of methoxy groups -OCH3 is 1. The Hall–Kier alpha value is -2.04. The number of esters is 2. The van der Waals surface area contributed by atoms with Gasteiger partial charge in [0, 0.05) is 5.56 Å². The molecule has 0 aromatic heterocycles. The van der Waals surface area contributed by atoms with E-state index in [4.69, 9.17) is 14.2 Å². The number of ether oxygens (including phenoxy) is 3. The van der Waals surface area contributed by atoms with Crippen molar-refractivity contribution in [1.29, 1.82) is 0 Å². The Morgan fingerprint density at radius 1 is 1.05 bits per heavy atom. The van der Waals surface area contributed by atoms with Crippen molar-refractivity contribution in [1.82, 2.24) is 0 Å². The first-order valence-electron chi connectivity index (χ1n) is 6.10. The van der Waals surface area contributed by atoms with Crippen molar-refractivity contribution >= 4 is 11.9 Å². The van der Waals surface area contributed by atoms with E-state index in [1.54, 1.807) is 20.1 Å². The fraction of sp³-hybridized carbons (Fsp3) is 0.429. The quantitative estimate of drug-likeness (QED) is 0.707. The molecule has 0 saturated carbocycles. The fourth-order valence-corrected chi connectivity index (χ4v) is 1.49. The van der Waals surface area contributed by atoms with Crippen LogP contribution in [0.5, 0.6) is 5.75 Å². The second-order valence-electron chi connectivity index (χ2n) is 3.78. The van der Waals surface area contributed by atoms with Gasteiger partial charge in [-0.15, -0.1) is 0 Å². The molecular formula is C14H18O5. The van der Waals surface area contributed by atoms with E-state index in [1.165, 1.54) is 0 Å². The average molecular weight is 266 g/mol. The molecule has 1 aromatic carbocycles. The van der Waals surface area contributed by atoms with E-state index in [0.29, 0.717) is 12.4 Å². The molecule has 5 heteroatoms. The van der Waals surface area contributed by atoms with Gasteiger partial charge >= 0.3 is 11.9 Å². The molecule has 0 spiro atoms. The molecule has 0 radical (unpaired) electrons. The minimum Gasteiger partial charge on any atom is -0.496 e. The third kappa shape index (κ3) is 5.42. The summed E-state index contributed by atoms with van der Waals surface area (Å²) in [5.74, 6) is -0.156. The van der Waals surface area contributed by atoms with E-state index in [9.17, 15) is 9.59 Å². The van der Waals surface area contributed by atoms with E-state index < -0.39 is 11.9 Å². The van der Waals surface area contributed by atoms with Gasteiger partial charge in [-0.2, -0.15) is 0 Å². The summed E-state index contributed by atoms with van der Waals surface area (Å²) in [6, 6.07) is 7.29. The molecule has 0 aliphatic carbocycles. The third-order valence-corrected chi connectivity index (χ3v) is 2.42. The summed E-state index contributed by atoms with van der Waals surface area (Å²) >= 11 is 0. The van der Waals surface area contributed by atoms with Crippen molar-refractivity contribution in [2.24, 2.45) is 0 Å². The van der Waals surface area contributed by atoms with Crippen LogP contribution in [0.1, 0.15) is 25.3 Å². The topological polar surface area (TPSA) is 61.8 Å². The summed E-state index contributed by atoms with van der Waals surface area (Å²) in [5.41, 5.74) is 0.787. The van der Waals surface area contributed by atoms with E-state index in [2.05, 4.69) is 0 Å². The average Bonchev–Trinajstić information content (AvgIpc) is 2.43. The van der Waals surface area contributed by atoms with E-state index in [-0.39, 0.29) is 19.4 Å². The second-order valence-corrected chi connectivity index (χ2v) is 3.78. The molecule has 0 unspecified atom stereocenters. The van der Waals surface area contributed by atoms with Gasteiger partial charge in [-0.25, -0.2) is 0 Å². The molecule has 1 rings (SSSR count). The first kappa shape index (κ1) is 15.0. The van der Waals surface area contributed by atoms with Crippen LogP contribution in [0.3, 0.4) is 0 Å². The molecule has 0 aliphatic heterocycles. The highest BCUT2D eigenvalue weighted by Gasteiger charge is 2.10. The molecule has 0 atom stereocenters. The SMILES string of the molecule is CCOC(=O)CCC(=O)OCc1ccccc1OC. The third-order valence-electron chi connectivity index (χ3n) is 2.42. The van der Waals surface area contributed by atoms with Crippen molar-refractivity contribution in [3.63, 3.8) is 0 Å². The summed E-state index contributed by atoms with van der Waals surface area (Å²) in [6.45, 7) is 2.17. The predicted molar refractivity (Wildman–Crippen MR) is 68.7 cm³/mol. The van der Waals surface area contributed by atoms with Gasteiger partial charge in [0.05, 0.1) is 26.6 Å². The van der Waals surface area contributed by atoms with Gasteiger partial charge in [0.2, 0.25) is 0 Å². The van der Waals surface area contributed by atoms with Gasteiger partial charge in [-0.3, -0.25) is 9.59 Å². The molecule has 19 heavy (non-hydrogen) atoms. The highest BCUT2D eigenvalue weighted by atomic mass is 16.5. The number of hydrogen-bond donors (Lipinski definition) is 0. The lowest BCUT2D eigenvalue weighted by Crippen LogP contribution is -2.10. The monoisotopic (exact) mass is 266 g/mol. The van der Waals surface area contributed by atoms with Crippen molar-refractivity contribution < 1.29 is 23.8 Å². The maximum atomic E-state index is 11.5. The maximum absolute atomic E-state index is 11.5. The van der Waals surface area contributed by atoms with Crippen LogP contribution in [0.4, 0.5) is 0 Å². The van der Waals surface area contributed by atoms with Gasteiger partial charge < -0.3 is 14.2 Å². The molecule has 0 N–H and O–H groups in total. The lowest BCUT2D eigenvalue weighted by Gasteiger charge is -2.08. The zero-order chi connectivity index (χ0) is 14.1. The first-order valence-corrected chi connectivity index (χ1v) is 6.10. The van der Waals surface area contributed by atoms with Gasteiger partial charge in [-0.05, 0) is 13.0 Å². The molecule has 5 nitrogen and oxygen atoms in total. The van der Waals surface area contributed by atoms with Crippen LogP contribution in [-0.2, 0) is 25.7 Å². The summed E-state index contributed by atoms with van der Waals surface area (Å²) in [4.78, 5) is 22.5. The van der Waals surface area contributed by atoms with Gasteiger partial charge in [0.15, 0.2) is 0 Å². The van der Waals surface area contributed by atoms with E-state index in [1.807, 2.05) is 18.2 Å². The first-order chi connectivity index (χ1) is 9.17. The number of rotatable bonds is 7. The Balaban J connectivity index is 2.35. The molecule has 0 bridgehead atoms. The van der Waals surface area contributed by atoms with E-state index >= 15 is 0 Å². The lowest BCUT2D eigenvalue weighted by atomic mass is 10.2. The number of carbonyl (C=O) groups is 2. The maximum Gasteiger partial charge on any atom is 0.306 e. The van der Waals surface area contributed by atoms with Crippen LogP contribution in [0.2, 0.25) is 0 Å². The standard InChI is InChI=1S/C14H18O5/c1-3-18-13(15)8-9-14(16)19-10-11-6-4-5-7-12(11)17-2/h4-7H,3,8-10H2,1-2H3. The zero-order valence-corrected chi connectivity index (χ0v) is 11.2. The summed E-state index contributed by atoms with van der Waals surface area (Å²) in [5, 5.41) is 0. The Bertz CT molecular complexity index is 428. The van der Waals surface area contributed by atoms with Crippen molar-refractivity contribution in [2.45, 2.75) is 26.4 Å². The number of carbonyl (C=O) groups excluding carboxylic acids is 2. The van der Waals surface area contributed by atoms with Crippen LogP contribution >= 0.6 is 0 Å². The lowest BCUT2D eigenvalue weighted by molar-refractivity contribution is -0.150. The van der Waals surface area contributed by atoms with Crippen molar-refractivity contribution in [3.05, 3.63) is 29.8 Å². The van der Waals surface area contributed by atoms with Crippen LogP contribution in [0.25, 0.3) is 0 Å². The van der Waals surface area contributed by atoms with Gasteiger partial charge in [-0.1, -0.05) is 18.2 Å². The largest absolute Gasteiger partial charge is 0.496 e. The van der Waals surface area contributed by atoms with Crippen molar-refractivity contribution in [3.8, 4) is 5.75 Å². The minimum absolute atomic E-state index is 0.0218. The summed E-state index contributed by atoms with van der Waals surface area (Å²) in [7, 11) is 1.56. The van der Waals surface area contributed by atoms with Crippen LogP contribution in [0.15, 0.2) is 24.3 Å². The molecule has 0 saturated heterocycles. The predicted octanol–water partition coefficient (Wildman–Crippen LogP) is 2.08. The Labute approximate surface area is 112 Å². The van der Waals surface area contributed by atoms with Gasteiger partial charge in [0.1, 0.15) is 12.4 Å². The summed E-state index contributed by atoms with van der Waals surface area (Å²) < 4.78 is 14.9. The molecule has 104 valence electrons. The minimum atomic E-state index is -0.432. The van der Waals surface area contributed by atoms with Crippen molar-refractivity contribution in [2.75, 3.05) is 13.7 Å². The summed E-state index contributed by atoms with van der Waals surface area (Å²) in [6.07, 6.45) is 0.0621. The van der Waals surface area contributed by atoms with Gasteiger partial charge in [0.25, 0.3) is 0 Å². The molecule has 1 aromatic rings. The fourth-order valence-electron chi connectivity index (χ4n) is 1.49. The highest BCUT2D eigenvalue weighted by molar-refractivity contribution is 5.77. The molecule has 0 amide bonds. The molecule has 0 fully saturated rings. The highest BCUT2D eigenvalue weighted by Crippen LogP contribution is 2.18. The molecular weight excluding hydrogens is 248 g/mol. The Kier molecular flexibility index (Phi) is 6.43. The molecule has 0 heterocycles. The zero-order valence-electron chi connectivity index (χ0n) is 11.2. The molecule has 0 aliphatic rings. The number of para-hydroxylation sites is 1. The normalized spacial score (nSPS) is 9.79. The number of hydrogen-bond acceptors (Lipinski definition) is 5. The second kappa shape index (κ2) is 8.13. The smallest absolute Gasteiger partial charge is 0.306 e. The Morgan fingerprint density at radius 3 is 2.32 bits per heavy atom. The van der Waals surface area contributed by atoms with Crippen LogP contribution in [-0.4, -0.2) is 25.7 Å². The van der Waals surface area contributed by atoms with E-state index in [0.717, 1.165) is 5.56 Å². The Morgan fingerprint density at radius 2 is 1.68 bits per heavy atom. The number of benzene rings is 1. The van der Waals surface area contributed by atoms with Crippen LogP contribution in [0, 0.1) is 0 Å².